The molecule has 0 bridgehead atoms. The van der Waals surface area contributed by atoms with Crippen molar-refractivity contribution in [1.82, 2.24) is 0 Å². The van der Waals surface area contributed by atoms with Crippen LogP contribution < -0.4 is 5.73 Å². The number of hydrogen-bond donors (Lipinski definition) is 2. The molecule has 0 radical (unpaired) electrons. The van der Waals surface area contributed by atoms with Crippen LogP contribution in [0.5, 0.6) is 0 Å². The molecule has 0 saturated carbocycles. The van der Waals surface area contributed by atoms with Gasteiger partial charge in [0.25, 0.3) is 0 Å². The molecule has 3 nitrogen and oxygen atoms in total. The Balaban J connectivity index is 2.59. The Labute approximate surface area is 72.5 Å². The maximum Gasteiger partial charge on any atom is 0.138 e. The van der Waals surface area contributed by atoms with Crippen molar-refractivity contribution in [2.45, 2.75) is 19.8 Å². The average Bonchev–Trinajstić information content (AvgIpc) is 2.07. The summed E-state index contributed by atoms with van der Waals surface area (Å²) in [5, 5.41) is 8.54. The minimum atomic E-state index is 0.0314. The molecule has 0 aliphatic heterocycles. The number of allylic oxidation sites excluding steroid dienone is 3. The summed E-state index contributed by atoms with van der Waals surface area (Å²) < 4.78 is 5.24. The van der Waals surface area contributed by atoms with Gasteiger partial charge in [0, 0.05) is 0 Å². The van der Waals surface area contributed by atoms with E-state index in [0.29, 0.717) is 6.61 Å². The molecule has 1 aliphatic carbocycles. The van der Waals surface area contributed by atoms with Gasteiger partial charge in [-0.2, -0.15) is 0 Å². The third-order valence-electron chi connectivity index (χ3n) is 1.83. The van der Waals surface area contributed by atoms with Crippen LogP contribution in [-0.4, -0.2) is 18.3 Å². The zero-order valence-electron chi connectivity index (χ0n) is 7.34. The van der Waals surface area contributed by atoms with Crippen molar-refractivity contribution in [2.75, 3.05) is 13.2 Å². The van der Waals surface area contributed by atoms with Crippen LogP contribution in [0.15, 0.2) is 23.1 Å². The quantitative estimate of drug-likeness (QED) is 0.660. The number of aliphatic hydroxyl groups excluding tert-OH is 1. The SMILES string of the molecule is CC1=CC(OCCO)=C(N)CC1. The maximum atomic E-state index is 8.54. The summed E-state index contributed by atoms with van der Waals surface area (Å²) in [4.78, 5) is 0. The Morgan fingerprint density at radius 3 is 3.00 bits per heavy atom. The third-order valence-corrected chi connectivity index (χ3v) is 1.83. The molecule has 0 aromatic heterocycles. The van der Waals surface area contributed by atoms with Gasteiger partial charge in [-0.1, -0.05) is 5.57 Å². The summed E-state index contributed by atoms with van der Waals surface area (Å²) in [7, 11) is 0. The van der Waals surface area contributed by atoms with Crippen molar-refractivity contribution in [2.24, 2.45) is 5.73 Å². The first-order valence-electron chi connectivity index (χ1n) is 4.13. The molecule has 0 fully saturated rings. The summed E-state index contributed by atoms with van der Waals surface area (Å²) in [6, 6.07) is 0. The first-order valence-corrected chi connectivity index (χ1v) is 4.13. The van der Waals surface area contributed by atoms with E-state index in [4.69, 9.17) is 15.6 Å². The summed E-state index contributed by atoms with van der Waals surface area (Å²) in [6.45, 7) is 2.40. The highest BCUT2D eigenvalue weighted by Crippen LogP contribution is 2.20. The topological polar surface area (TPSA) is 55.5 Å². The second kappa shape index (κ2) is 4.16. The smallest absolute Gasteiger partial charge is 0.138 e. The van der Waals surface area contributed by atoms with Gasteiger partial charge in [-0.15, -0.1) is 0 Å². The van der Waals surface area contributed by atoms with Crippen molar-refractivity contribution in [3.8, 4) is 0 Å². The predicted molar refractivity (Wildman–Crippen MR) is 47.2 cm³/mol. The van der Waals surface area contributed by atoms with E-state index in [1.165, 1.54) is 5.57 Å². The van der Waals surface area contributed by atoms with Gasteiger partial charge in [-0.25, -0.2) is 0 Å². The fourth-order valence-electron chi connectivity index (χ4n) is 1.13. The van der Waals surface area contributed by atoms with Crippen LogP contribution in [0.2, 0.25) is 0 Å². The summed E-state index contributed by atoms with van der Waals surface area (Å²) in [5.41, 5.74) is 7.77. The molecule has 3 N–H and O–H groups in total. The molecule has 0 saturated heterocycles. The number of nitrogens with two attached hydrogens (primary N) is 1. The van der Waals surface area contributed by atoms with Crippen molar-refractivity contribution < 1.29 is 9.84 Å². The second-order valence-electron chi connectivity index (χ2n) is 2.95. The number of rotatable bonds is 3. The Bertz CT molecular complexity index is 219. The summed E-state index contributed by atoms with van der Waals surface area (Å²) in [5.74, 6) is 0.729. The maximum absolute atomic E-state index is 8.54. The zero-order valence-corrected chi connectivity index (χ0v) is 7.34. The second-order valence-corrected chi connectivity index (χ2v) is 2.95. The Hall–Kier alpha value is -0.960. The largest absolute Gasteiger partial charge is 0.489 e. The van der Waals surface area contributed by atoms with Crippen molar-refractivity contribution >= 4 is 0 Å². The van der Waals surface area contributed by atoms with E-state index >= 15 is 0 Å². The van der Waals surface area contributed by atoms with E-state index in [1.54, 1.807) is 0 Å². The van der Waals surface area contributed by atoms with Gasteiger partial charge in [0.1, 0.15) is 12.4 Å². The van der Waals surface area contributed by atoms with Crippen LogP contribution in [0.25, 0.3) is 0 Å². The fraction of sp³-hybridized carbons (Fsp3) is 0.556. The van der Waals surface area contributed by atoms with E-state index in [2.05, 4.69) is 6.92 Å². The van der Waals surface area contributed by atoms with Crippen molar-refractivity contribution in [3.63, 3.8) is 0 Å². The van der Waals surface area contributed by atoms with E-state index in [9.17, 15) is 0 Å². The van der Waals surface area contributed by atoms with Crippen LogP contribution in [0.1, 0.15) is 19.8 Å². The lowest BCUT2D eigenvalue weighted by Gasteiger charge is -2.15. The molecule has 0 heterocycles. The molecule has 0 aromatic rings. The Morgan fingerprint density at radius 1 is 1.58 bits per heavy atom. The molecule has 0 unspecified atom stereocenters. The minimum Gasteiger partial charge on any atom is -0.489 e. The van der Waals surface area contributed by atoms with Crippen LogP contribution >= 0.6 is 0 Å². The van der Waals surface area contributed by atoms with Gasteiger partial charge >= 0.3 is 0 Å². The minimum absolute atomic E-state index is 0.0314. The van der Waals surface area contributed by atoms with Gasteiger partial charge in [-0.3, -0.25) is 0 Å². The summed E-state index contributed by atoms with van der Waals surface area (Å²) in [6.07, 6.45) is 3.81. The molecule has 1 aliphatic rings. The lowest BCUT2D eigenvalue weighted by atomic mass is 10.0. The summed E-state index contributed by atoms with van der Waals surface area (Å²) >= 11 is 0. The van der Waals surface area contributed by atoms with Gasteiger partial charge in [0.05, 0.1) is 12.3 Å². The Morgan fingerprint density at radius 2 is 2.33 bits per heavy atom. The molecule has 68 valence electrons. The molecule has 0 atom stereocenters. The van der Waals surface area contributed by atoms with Gasteiger partial charge in [0.2, 0.25) is 0 Å². The van der Waals surface area contributed by atoms with E-state index in [-0.39, 0.29) is 6.61 Å². The first kappa shape index (κ1) is 9.13. The normalized spacial score (nSPS) is 17.7. The lowest BCUT2D eigenvalue weighted by molar-refractivity contribution is 0.149. The van der Waals surface area contributed by atoms with Crippen LogP contribution in [-0.2, 0) is 4.74 Å². The highest BCUT2D eigenvalue weighted by Gasteiger charge is 2.08. The third kappa shape index (κ3) is 2.27. The van der Waals surface area contributed by atoms with E-state index < -0.39 is 0 Å². The fourth-order valence-corrected chi connectivity index (χ4v) is 1.13. The lowest BCUT2D eigenvalue weighted by Crippen LogP contribution is -2.10. The van der Waals surface area contributed by atoms with Gasteiger partial charge in [0.15, 0.2) is 0 Å². The average molecular weight is 169 g/mol. The van der Waals surface area contributed by atoms with Crippen LogP contribution in [0.3, 0.4) is 0 Å². The standard InChI is InChI=1S/C9H15NO2/c1-7-2-3-8(10)9(6-7)12-5-4-11/h6,11H,2-5,10H2,1H3. The molecular weight excluding hydrogens is 154 g/mol. The number of ether oxygens (including phenoxy) is 1. The van der Waals surface area contributed by atoms with E-state index in [1.807, 2.05) is 6.08 Å². The molecular formula is C9H15NO2. The Kier molecular flexibility index (Phi) is 3.17. The van der Waals surface area contributed by atoms with Gasteiger partial charge < -0.3 is 15.6 Å². The zero-order chi connectivity index (χ0) is 8.97. The van der Waals surface area contributed by atoms with Crippen molar-refractivity contribution in [1.29, 1.82) is 0 Å². The molecule has 12 heavy (non-hydrogen) atoms. The highest BCUT2D eigenvalue weighted by atomic mass is 16.5. The monoisotopic (exact) mass is 169 g/mol. The number of aliphatic hydroxyl groups is 1. The predicted octanol–water partition coefficient (Wildman–Crippen LogP) is 0.906. The molecule has 0 amide bonds. The molecule has 0 aromatic carbocycles. The molecule has 0 spiro atoms. The van der Waals surface area contributed by atoms with Gasteiger partial charge in [-0.05, 0) is 25.8 Å². The van der Waals surface area contributed by atoms with Crippen LogP contribution in [0.4, 0.5) is 0 Å². The first-order chi connectivity index (χ1) is 5.74. The number of hydrogen-bond acceptors (Lipinski definition) is 3. The van der Waals surface area contributed by atoms with Crippen molar-refractivity contribution in [3.05, 3.63) is 23.1 Å². The molecule has 1 rings (SSSR count). The highest BCUT2D eigenvalue weighted by molar-refractivity contribution is 5.26. The van der Waals surface area contributed by atoms with E-state index in [0.717, 1.165) is 24.3 Å². The van der Waals surface area contributed by atoms with Crippen LogP contribution in [0, 0.1) is 0 Å². The molecule has 3 heteroatoms.